The van der Waals surface area contributed by atoms with Gasteiger partial charge < -0.3 is 9.64 Å². The summed E-state index contributed by atoms with van der Waals surface area (Å²) in [4.78, 5) is 16.2. The number of alkyl halides is 1. The van der Waals surface area contributed by atoms with Crippen LogP contribution in [0.5, 0.6) is 5.75 Å². The van der Waals surface area contributed by atoms with Gasteiger partial charge in [-0.05, 0) is 12.1 Å². The predicted octanol–water partition coefficient (Wildman–Crippen LogP) is 1.83. The van der Waals surface area contributed by atoms with Crippen LogP contribution in [0.3, 0.4) is 0 Å². The molecular weight excluding hydrogens is 283 g/mol. The molecule has 110 valence electrons. The molecule has 1 amide bonds. The van der Waals surface area contributed by atoms with Gasteiger partial charge in [-0.25, -0.2) is 4.39 Å². The van der Waals surface area contributed by atoms with E-state index in [0.717, 1.165) is 19.6 Å². The molecule has 1 aliphatic rings. The molecule has 0 spiro atoms. The zero-order chi connectivity index (χ0) is 14.5. The first-order valence-electron chi connectivity index (χ1n) is 6.57. The molecular formula is C14H18ClFN2O2. The van der Waals surface area contributed by atoms with Crippen LogP contribution in [0, 0.1) is 5.82 Å². The number of rotatable bonds is 4. The number of hydrogen-bond donors (Lipinski definition) is 0. The van der Waals surface area contributed by atoms with Gasteiger partial charge in [0.15, 0.2) is 0 Å². The van der Waals surface area contributed by atoms with Gasteiger partial charge in [0.05, 0.1) is 12.7 Å². The van der Waals surface area contributed by atoms with Gasteiger partial charge >= 0.3 is 0 Å². The molecule has 0 aromatic heterocycles. The number of amides is 1. The van der Waals surface area contributed by atoms with Gasteiger partial charge in [0.2, 0.25) is 0 Å². The molecule has 6 heteroatoms. The third-order valence-corrected chi connectivity index (χ3v) is 3.64. The van der Waals surface area contributed by atoms with E-state index < -0.39 is 5.82 Å². The van der Waals surface area contributed by atoms with Crippen molar-refractivity contribution in [2.75, 3.05) is 45.7 Å². The number of halogens is 2. The topological polar surface area (TPSA) is 32.8 Å². The molecule has 0 radical (unpaired) electrons. The Labute approximate surface area is 123 Å². The number of piperazine rings is 1. The second-order valence-electron chi connectivity index (χ2n) is 4.67. The molecule has 1 saturated heterocycles. The average molecular weight is 301 g/mol. The molecule has 20 heavy (non-hydrogen) atoms. The van der Waals surface area contributed by atoms with Crippen LogP contribution in [0.25, 0.3) is 0 Å². The largest absolute Gasteiger partial charge is 0.497 e. The Morgan fingerprint density at radius 1 is 1.35 bits per heavy atom. The van der Waals surface area contributed by atoms with Crippen molar-refractivity contribution in [1.82, 2.24) is 9.80 Å². The predicted molar refractivity (Wildman–Crippen MR) is 76.0 cm³/mol. The summed E-state index contributed by atoms with van der Waals surface area (Å²) in [5.74, 6) is 0.181. The highest BCUT2D eigenvalue weighted by Gasteiger charge is 2.23. The van der Waals surface area contributed by atoms with Crippen LogP contribution in [-0.2, 0) is 0 Å². The molecule has 1 fully saturated rings. The second-order valence-corrected chi connectivity index (χ2v) is 5.05. The Kier molecular flexibility index (Phi) is 5.20. The molecule has 0 unspecified atom stereocenters. The Morgan fingerprint density at radius 2 is 2.05 bits per heavy atom. The second kappa shape index (κ2) is 6.90. The number of ether oxygens (including phenoxy) is 1. The number of benzene rings is 1. The van der Waals surface area contributed by atoms with Crippen LogP contribution in [-0.4, -0.2) is 61.4 Å². The summed E-state index contributed by atoms with van der Waals surface area (Å²) in [7, 11) is 1.46. The first-order chi connectivity index (χ1) is 9.65. The van der Waals surface area contributed by atoms with E-state index in [-0.39, 0.29) is 11.5 Å². The van der Waals surface area contributed by atoms with E-state index in [4.69, 9.17) is 16.3 Å². The molecule has 0 N–H and O–H groups in total. The lowest BCUT2D eigenvalue weighted by Gasteiger charge is -2.34. The normalized spacial score (nSPS) is 16.2. The van der Waals surface area contributed by atoms with Gasteiger partial charge in [-0.1, -0.05) is 0 Å². The van der Waals surface area contributed by atoms with Gasteiger partial charge in [0.1, 0.15) is 11.6 Å². The molecule has 1 aromatic rings. The minimum Gasteiger partial charge on any atom is -0.497 e. The smallest absolute Gasteiger partial charge is 0.256 e. The first-order valence-corrected chi connectivity index (χ1v) is 7.10. The first kappa shape index (κ1) is 15.1. The fraction of sp³-hybridized carbons (Fsp3) is 0.500. The Morgan fingerprint density at radius 3 is 2.60 bits per heavy atom. The summed E-state index contributed by atoms with van der Waals surface area (Å²) >= 11 is 5.70. The molecule has 0 saturated carbocycles. The summed E-state index contributed by atoms with van der Waals surface area (Å²) < 4.78 is 18.8. The maximum Gasteiger partial charge on any atom is 0.256 e. The Hall–Kier alpha value is -1.33. The zero-order valence-corrected chi connectivity index (χ0v) is 12.2. The van der Waals surface area contributed by atoms with Crippen molar-refractivity contribution in [1.29, 1.82) is 0 Å². The highest BCUT2D eigenvalue weighted by Crippen LogP contribution is 2.18. The van der Waals surface area contributed by atoms with E-state index in [9.17, 15) is 9.18 Å². The maximum atomic E-state index is 13.9. The van der Waals surface area contributed by atoms with Gasteiger partial charge in [0.25, 0.3) is 5.91 Å². The number of hydrogen-bond acceptors (Lipinski definition) is 3. The van der Waals surface area contributed by atoms with Gasteiger partial charge in [-0.2, -0.15) is 0 Å². The minimum atomic E-state index is -0.544. The van der Waals surface area contributed by atoms with E-state index in [1.165, 1.54) is 19.2 Å². The van der Waals surface area contributed by atoms with Crippen molar-refractivity contribution in [2.45, 2.75) is 0 Å². The number of carbonyl (C=O) groups excluding carboxylic acids is 1. The number of carbonyl (C=O) groups is 1. The van der Waals surface area contributed by atoms with Crippen molar-refractivity contribution < 1.29 is 13.9 Å². The van der Waals surface area contributed by atoms with E-state index >= 15 is 0 Å². The summed E-state index contributed by atoms with van der Waals surface area (Å²) in [5, 5.41) is 0. The highest BCUT2D eigenvalue weighted by atomic mass is 35.5. The molecule has 0 aliphatic carbocycles. The van der Waals surface area contributed by atoms with Crippen LogP contribution in [0.4, 0.5) is 4.39 Å². The average Bonchev–Trinajstić information content (AvgIpc) is 2.47. The molecule has 1 aromatic carbocycles. The van der Waals surface area contributed by atoms with Crippen molar-refractivity contribution in [3.05, 3.63) is 29.6 Å². The van der Waals surface area contributed by atoms with Crippen molar-refractivity contribution in [3.63, 3.8) is 0 Å². The quantitative estimate of drug-likeness (QED) is 0.795. The molecule has 4 nitrogen and oxygen atoms in total. The lowest BCUT2D eigenvalue weighted by Crippen LogP contribution is -2.49. The fourth-order valence-electron chi connectivity index (χ4n) is 2.26. The lowest BCUT2D eigenvalue weighted by molar-refractivity contribution is 0.0639. The third-order valence-electron chi connectivity index (χ3n) is 3.47. The number of nitrogens with zero attached hydrogens (tertiary/aromatic N) is 2. The maximum absolute atomic E-state index is 13.9. The van der Waals surface area contributed by atoms with Crippen molar-refractivity contribution in [2.24, 2.45) is 0 Å². The van der Waals surface area contributed by atoms with Gasteiger partial charge in [-0.3, -0.25) is 9.69 Å². The van der Waals surface area contributed by atoms with Crippen LogP contribution >= 0.6 is 11.6 Å². The summed E-state index contributed by atoms with van der Waals surface area (Å²) in [6.07, 6.45) is 0. The van der Waals surface area contributed by atoms with E-state index in [2.05, 4.69) is 4.90 Å². The van der Waals surface area contributed by atoms with Crippen LogP contribution in [0.1, 0.15) is 10.4 Å². The molecule has 0 bridgehead atoms. The van der Waals surface area contributed by atoms with E-state index in [1.807, 2.05) is 0 Å². The summed E-state index contributed by atoms with van der Waals surface area (Å²) in [6, 6.07) is 4.30. The van der Waals surface area contributed by atoms with Crippen LogP contribution < -0.4 is 4.74 Å². The van der Waals surface area contributed by atoms with Crippen molar-refractivity contribution >= 4 is 17.5 Å². The number of methoxy groups -OCH3 is 1. The Balaban J connectivity index is 2.02. The van der Waals surface area contributed by atoms with E-state index in [0.29, 0.717) is 24.7 Å². The molecule has 2 rings (SSSR count). The highest BCUT2D eigenvalue weighted by molar-refractivity contribution is 6.18. The SMILES string of the molecule is COc1ccc(C(=O)N2CCN(CCCl)CC2)c(F)c1. The van der Waals surface area contributed by atoms with Crippen LogP contribution in [0.15, 0.2) is 18.2 Å². The fourth-order valence-corrected chi connectivity index (χ4v) is 2.50. The van der Waals surface area contributed by atoms with Gasteiger partial charge in [-0.15, -0.1) is 11.6 Å². The molecule has 1 aliphatic heterocycles. The lowest BCUT2D eigenvalue weighted by atomic mass is 10.1. The molecule has 1 heterocycles. The minimum absolute atomic E-state index is 0.0941. The van der Waals surface area contributed by atoms with Crippen molar-refractivity contribution in [3.8, 4) is 5.75 Å². The van der Waals surface area contributed by atoms with E-state index in [1.54, 1.807) is 11.0 Å². The van der Waals surface area contributed by atoms with Gasteiger partial charge in [0, 0.05) is 44.7 Å². The Bertz CT molecular complexity index is 476. The zero-order valence-electron chi connectivity index (χ0n) is 11.4. The summed E-state index contributed by atoms with van der Waals surface area (Å²) in [6.45, 7) is 3.56. The van der Waals surface area contributed by atoms with Crippen LogP contribution in [0.2, 0.25) is 0 Å². The monoisotopic (exact) mass is 300 g/mol. The standard InChI is InChI=1S/C14H18ClFN2O2/c1-20-11-2-3-12(13(16)10-11)14(19)18-8-6-17(5-4-15)7-9-18/h2-3,10H,4-9H2,1H3. The molecule has 0 atom stereocenters. The summed E-state index contributed by atoms with van der Waals surface area (Å²) in [5.41, 5.74) is 0.0941. The third kappa shape index (κ3) is 3.41.